The molecular formula is C32H45NO4. The van der Waals surface area contributed by atoms with Gasteiger partial charge in [-0.05, 0) is 90.9 Å². The zero-order valence-electron chi connectivity index (χ0n) is 24.1. The van der Waals surface area contributed by atoms with Crippen LogP contribution in [0.5, 0.6) is 0 Å². The zero-order valence-corrected chi connectivity index (χ0v) is 24.1. The van der Waals surface area contributed by atoms with Crippen molar-refractivity contribution in [3.05, 3.63) is 29.2 Å². The van der Waals surface area contributed by atoms with Gasteiger partial charge in [-0.3, -0.25) is 9.59 Å². The van der Waals surface area contributed by atoms with Crippen molar-refractivity contribution >= 4 is 11.8 Å². The summed E-state index contributed by atoms with van der Waals surface area (Å²) in [6.07, 6.45) is 11.5. The van der Waals surface area contributed by atoms with Gasteiger partial charge < -0.3 is 9.26 Å². The highest BCUT2D eigenvalue weighted by Crippen LogP contribution is 2.74. The minimum atomic E-state index is -0.531. The number of fused-ring (bicyclic) bond motifs is 8. The van der Waals surface area contributed by atoms with Crippen LogP contribution in [0, 0.1) is 44.8 Å². The number of rotatable bonds is 1. The second-order valence-corrected chi connectivity index (χ2v) is 15.4. The number of allylic oxidation sites excluding steroid dienone is 2. The largest absolute Gasteiger partial charge is 0.469 e. The molecule has 5 heteroatoms. The van der Waals surface area contributed by atoms with Crippen molar-refractivity contribution in [2.24, 2.45) is 44.8 Å². The van der Waals surface area contributed by atoms with Crippen LogP contribution in [-0.4, -0.2) is 24.0 Å². The summed E-state index contributed by atoms with van der Waals surface area (Å²) in [5.74, 6) is 1.46. The van der Waals surface area contributed by atoms with Gasteiger partial charge in [-0.1, -0.05) is 59.2 Å². The lowest BCUT2D eigenvalue weighted by molar-refractivity contribution is -0.191. The molecule has 3 fully saturated rings. The summed E-state index contributed by atoms with van der Waals surface area (Å²) < 4.78 is 11.2. The van der Waals surface area contributed by atoms with Crippen LogP contribution in [0.2, 0.25) is 0 Å². The van der Waals surface area contributed by atoms with E-state index in [0.29, 0.717) is 5.92 Å². The summed E-state index contributed by atoms with van der Waals surface area (Å²) in [6, 6.07) is 0. The Morgan fingerprint density at radius 2 is 1.73 bits per heavy atom. The summed E-state index contributed by atoms with van der Waals surface area (Å²) in [5, 5.41) is 4.19. The smallest absolute Gasteiger partial charge is 0.312 e. The van der Waals surface area contributed by atoms with E-state index in [4.69, 9.17) is 9.26 Å². The molecule has 0 bridgehead atoms. The molecule has 3 saturated carbocycles. The first-order valence-corrected chi connectivity index (χ1v) is 14.5. The van der Waals surface area contributed by atoms with Crippen molar-refractivity contribution in [1.29, 1.82) is 0 Å². The van der Waals surface area contributed by atoms with Gasteiger partial charge >= 0.3 is 5.97 Å². The van der Waals surface area contributed by atoms with E-state index in [1.165, 1.54) is 18.2 Å². The SMILES string of the molecule is COC(=O)[C@]12CCC(C)(C)C[C@@H]1C1C(=O)C=C3[C@@]4(C)Cc5cnoc5C(C)(C)[C@@H]4CC[C@@]3(C)[C@]1(C)CC2. The lowest BCUT2D eigenvalue weighted by Crippen LogP contribution is -2.66. The lowest BCUT2D eigenvalue weighted by Gasteiger charge is -2.69. The monoisotopic (exact) mass is 507 g/mol. The fraction of sp³-hybridized carbons (Fsp3) is 0.781. The van der Waals surface area contributed by atoms with E-state index in [1.807, 2.05) is 6.20 Å². The molecule has 6 rings (SSSR count). The van der Waals surface area contributed by atoms with Gasteiger partial charge in [-0.2, -0.15) is 0 Å². The number of esters is 1. The number of carbonyl (C=O) groups excluding carboxylic acids is 2. The predicted octanol–water partition coefficient (Wildman–Crippen LogP) is 6.84. The first-order chi connectivity index (χ1) is 17.2. The van der Waals surface area contributed by atoms with E-state index in [1.54, 1.807) is 0 Å². The molecular weight excluding hydrogens is 462 g/mol. The number of nitrogens with zero attached hydrogens (tertiary/aromatic N) is 1. The minimum Gasteiger partial charge on any atom is -0.469 e. The van der Waals surface area contributed by atoms with E-state index in [9.17, 15) is 9.59 Å². The Bertz CT molecular complexity index is 1210. The third-order valence-electron chi connectivity index (χ3n) is 12.9. The molecule has 0 radical (unpaired) electrons. The summed E-state index contributed by atoms with van der Waals surface area (Å²) in [7, 11) is 1.52. The van der Waals surface area contributed by atoms with Gasteiger partial charge in [0.25, 0.3) is 0 Å². The maximum atomic E-state index is 14.5. The molecule has 37 heavy (non-hydrogen) atoms. The predicted molar refractivity (Wildman–Crippen MR) is 142 cm³/mol. The van der Waals surface area contributed by atoms with Crippen molar-refractivity contribution in [3.8, 4) is 0 Å². The van der Waals surface area contributed by atoms with Crippen LogP contribution in [0.1, 0.15) is 105 Å². The summed E-state index contributed by atoms with van der Waals surface area (Å²) in [4.78, 5) is 27.9. The molecule has 0 spiro atoms. The maximum Gasteiger partial charge on any atom is 0.312 e. The third kappa shape index (κ3) is 2.95. The first kappa shape index (κ1) is 25.4. The number of carbonyl (C=O) groups is 2. The molecule has 5 aliphatic carbocycles. The van der Waals surface area contributed by atoms with Gasteiger partial charge in [0, 0.05) is 16.9 Å². The van der Waals surface area contributed by atoms with E-state index in [-0.39, 0.29) is 50.7 Å². The quantitative estimate of drug-likeness (QED) is 0.389. The molecule has 202 valence electrons. The molecule has 0 amide bonds. The standard InChI is InChI=1S/C32H45NO4/c1-27(2)11-13-32(26(35)36-8)14-12-31(7)24(20(32)17-27)21(34)15-23-29(5)16-19-18-33-37-25(19)28(3,4)22(29)9-10-30(23,31)6/h15,18,20,22,24H,9-14,16-17H2,1-8H3/t20-,22+,24?,29+,30-,31-,32+/m1/s1. The highest BCUT2D eigenvalue weighted by atomic mass is 16.5. The van der Waals surface area contributed by atoms with Crippen LogP contribution in [-0.2, 0) is 26.2 Å². The number of hydrogen-bond donors (Lipinski definition) is 0. The van der Waals surface area contributed by atoms with Crippen LogP contribution in [0.4, 0.5) is 0 Å². The number of aromatic nitrogens is 1. The summed E-state index contributed by atoms with van der Waals surface area (Å²) in [6.45, 7) is 16.5. The van der Waals surface area contributed by atoms with Crippen molar-refractivity contribution in [3.63, 3.8) is 0 Å². The Hall–Kier alpha value is -1.91. The van der Waals surface area contributed by atoms with E-state index in [0.717, 1.165) is 57.1 Å². The molecule has 1 heterocycles. The van der Waals surface area contributed by atoms with Gasteiger partial charge in [0.2, 0.25) is 0 Å². The van der Waals surface area contributed by atoms with E-state index >= 15 is 0 Å². The van der Waals surface area contributed by atoms with Gasteiger partial charge in [0.05, 0.1) is 18.7 Å². The first-order valence-electron chi connectivity index (χ1n) is 14.5. The normalized spacial score (nSPS) is 45.4. The molecule has 1 unspecified atom stereocenters. The van der Waals surface area contributed by atoms with Crippen molar-refractivity contribution in [1.82, 2.24) is 5.16 Å². The molecule has 0 aromatic carbocycles. The lowest BCUT2D eigenvalue weighted by atomic mass is 9.34. The molecule has 1 aromatic rings. The Labute approximate surface area is 222 Å². The van der Waals surface area contributed by atoms with Gasteiger partial charge in [-0.25, -0.2) is 0 Å². The second-order valence-electron chi connectivity index (χ2n) is 15.4. The van der Waals surface area contributed by atoms with Crippen molar-refractivity contribution in [2.75, 3.05) is 7.11 Å². The molecule has 7 atom stereocenters. The second kappa shape index (κ2) is 7.39. The fourth-order valence-corrected chi connectivity index (χ4v) is 10.9. The van der Waals surface area contributed by atoms with Crippen LogP contribution in [0.25, 0.3) is 0 Å². The van der Waals surface area contributed by atoms with E-state index in [2.05, 4.69) is 59.7 Å². The molecule has 1 aromatic heterocycles. The third-order valence-corrected chi connectivity index (χ3v) is 12.9. The summed E-state index contributed by atoms with van der Waals surface area (Å²) >= 11 is 0. The Morgan fingerprint density at radius 3 is 2.43 bits per heavy atom. The van der Waals surface area contributed by atoms with Crippen molar-refractivity contribution in [2.45, 2.75) is 105 Å². The molecule has 5 nitrogen and oxygen atoms in total. The average molecular weight is 508 g/mol. The van der Waals surface area contributed by atoms with Crippen LogP contribution >= 0.6 is 0 Å². The minimum absolute atomic E-state index is 0.0302. The van der Waals surface area contributed by atoms with Crippen molar-refractivity contribution < 1.29 is 18.8 Å². The van der Waals surface area contributed by atoms with Gasteiger partial charge in [0.1, 0.15) is 5.76 Å². The molecule has 0 N–H and O–H groups in total. The van der Waals surface area contributed by atoms with Gasteiger partial charge in [0.15, 0.2) is 5.78 Å². The van der Waals surface area contributed by atoms with E-state index < -0.39 is 5.41 Å². The Kier molecular flexibility index (Phi) is 5.06. The number of hydrogen-bond acceptors (Lipinski definition) is 5. The average Bonchev–Trinajstić information content (AvgIpc) is 3.28. The Morgan fingerprint density at radius 1 is 1.03 bits per heavy atom. The zero-order chi connectivity index (χ0) is 26.8. The molecule has 0 aliphatic heterocycles. The molecule has 5 aliphatic rings. The fourth-order valence-electron chi connectivity index (χ4n) is 10.9. The highest BCUT2D eigenvalue weighted by Gasteiger charge is 2.71. The highest BCUT2D eigenvalue weighted by molar-refractivity contribution is 5.96. The van der Waals surface area contributed by atoms with Crippen LogP contribution in [0.3, 0.4) is 0 Å². The Balaban J connectivity index is 1.51. The van der Waals surface area contributed by atoms with Crippen LogP contribution < -0.4 is 0 Å². The van der Waals surface area contributed by atoms with Crippen LogP contribution in [0.15, 0.2) is 22.4 Å². The maximum absolute atomic E-state index is 14.5. The topological polar surface area (TPSA) is 69.4 Å². The summed E-state index contributed by atoms with van der Waals surface area (Å²) in [5.41, 5.74) is 1.59. The molecule has 0 saturated heterocycles. The number of ketones is 1. The number of ether oxygens (including phenoxy) is 1. The van der Waals surface area contributed by atoms with Gasteiger partial charge in [-0.15, -0.1) is 0 Å². The number of methoxy groups -OCH3 is 1.